The molecule has 6 heteroatoms. The molecule has 0 aromatic carbocycles. The van der Waals surface area contributed by atoms with E-state index in [1.807, 2.05) is 29.5 Å². The van der Waals surface area contributed by atoms with Crippen molar-refractivity contribution in [2.75, 3.05) is 18.4 Å². The lowest BCUT2D eigenvalue weighted by atomic mass is 10.2. The molecule has 0 aliphatic carbocycles. The zero-order valence-corrected chi connectivity index (χ0v) is 10.0. The molecule has 0 radical (unpaired) electrons. The number of anilines is 1. The highest BCUT2D eigenvalue weighted by atomic mass is 127. The molecule has 0 bridgehead atoms. The molecule has 1 unspecified atom stereocenters. The largest absolute Gasteiger partial charge is 0.369 e. The Morgan fingerprint density at radius 1 is 1.79 bits per heavy atom. The number of aromatic nitrogens is 2. The third kappa shape index (κ3) is 2.95. The van der Waals surface area contributed by atoms with E-state index in [0.29, 0.717) is 21.9 Å². The number of rotatable bonds is 4. The molecular formula is C8H13IN4O. The minimum atomic E-state index is -0.122. The van der Waals surface area contributed by atoms with Crippen LogP contribution in [0.25, 0.3) is 0 Å². The molecule has 0 amide bonds. The van der Waals surface area contributed by atoms with Gasteiger partial charge in [-0.25, -0.2) is 4.98 Å². The fourth-order valence-corrected chi connectivity index (χ4v) is 1.35. The van der Waals surface area contributed by atoms with Gasteiger partial charge in [-0.1, -0.05) is 6.92 Å². The van der Waals surface area contributed by atoms with Gasteiger partial charge in [0.15, 0.2) is 0 Å². The van der Waals surface area contributed by atoms with Gasteiger partial charge < -0.3 is 16.0 Å². The highest BCUT2D eigenvalue weighted by molar-refractivity contribution is 14.1. The molecule has 4 N–H and O–H groups in total. The van der Waals surface area contributed by atoms with E-state index in [-0.39, 0.29) is 5.56 Å². The zero-order valence-electron chi connectivity index (χ0n) is 7.88. The summed E-state index contributed by atoms with van der Waals surface area (Å²) in [5.41, 5.74) is 5.35. The van der Waals surface area contributed by atoms with Gasteiger partial charge in [0.05, 0.1) is 6.33 Å². The van der Waals surface area contributed by atoms with E-state index in [2.05, 4.69) is 15.3 Å². The monoisotopic (exact) mass is 308 g/mol. The first-order valence-corrected chi connectivity index (χ1v) is 5.40. The normalized spacial score (nSPS) is 12.5. The Balaban J connectivity index is 2.68. The van der Waals surface area contributed by atoms with Gasteiger partial charge in [0.2, 0.25) is 0 Å². The first-order chi connectivity index (χ1) is 6.65. The van der Waals surface area contributed by atoms with E-state index < -0.39 is 0 Å². The molecule has 0 fully saturated rings. The summed E-state index contributed by atoms with van der Waals surface area (Å²) in [5.74, 6) is 0.988. The van der Waals surface area contributed by atoms with Crippen LogP contribution >= 0.6 is 22.6 Å². The molecule has 14 heavy (non-hydrogen) atoms. The summed E-state index contributed by atoms with van der Waals surface area (Å²) in [6, 6.07) is 0. The number of aromatic amines is 1. The van der Waals surface area contributed by atoms with E-state index >= 15 is 0 Å². The van der Waals surface area contributed by atoms with Crippen LogP contribution in [0.2, 0.25) is 0 Å². The topological polar surface area (TPSA) is 83.8 Å². The molecular weight excluding hydrogens is 295 g/mol. The molecule has 1 rings (SSSR count). The van der Waals surface area contributed by atoms with Crippen molar-refractivity contribution in [3.05, 3.63) is 20.3 Å². The maximum atomic E-state index is 11.2. The Bertz CT molecular complexity index is 351. The second kappa shape index (κ2) is 5.30. The van der Waals surface area contributed by atoms with Crippen LogP contribution in [0.3, 0.4) is 0 Å². The van der Waals surface area contributed by atoms with Crippen molar-refractivity contribution in [2.24, 2.45) is 11.7 Å². The van der Waals surface area contributed by atoms with Crippen LogP contribution in [0, 0.1) is 9.49 Å². The van der Waals surface area contributed by atoms with Crippen LogP contribution in [0.5, 0.6) is 0 Å². The standard InChI is InChI=1S/C8H13IN4O/c1-5(2-10)3-11-7-6(9)8(14)13-4-12-7/h4-5H,2-3,10H2,1H3,(H2,11,12,13,14). The van der Waals surface area contributed by atoms with Crippen molar-refractivity contribution in [3.63, 3.8) is 0 Å². The Labute approximate surface area is 95.6 Å². The average molecular weight is 308 g/mol. The van der Waals surface area contributed by atoms with Crippen molar-refractivity contribution in [3.8, 4) is 0 Å². The second-order valence-electron chi connectivity index (χ2n) is 3.12. The number of hydrogen-bond donors (Lipinski definition) is 3. The number of H-pyrrole nitrogens is 1. The summed E-state index contributed by atoms with van der Waals surface area (Å²) in [4.78, 5) is 17.7. The highest BCUT2D eigenvalue weighted by Crippen LogP contribution is 2.08. The fourth-order valence-electron chi connectivity index (χ4n) is 0.861. The maximum absolute atomic E-state index is 11.2. The lowest BCUT2D eigenvalue weighted by Crippen LogP contribution is -2.22. The highest BCUT2D eigenvalue weighted by Gasteiger charge is 2.05. The summed E-state index contributed by atoms with van der Waals surface area (Å²) in [6.45, 7) is 3.38. The lowest BCUT2D eigenvalue weighted by Gasteiger charge is -2.10. The molecule has 0 aliphatic heterocycles. The van der Waals surface area contributed by atoms with E-state index in [1.54, 1.807) is 0 Å². The Kier molecular flexibility index (Phi) is 4.33. The lowest BCUT2D eigenvalue weighted by molar-refractivity contribution is 0.626. The minimum Gasteiger partial charge on any atom is -0.369 e. The van der Waals surface area contributed by atoms with Crippen LogP contribution in [0.1, 0.15) is 6.92 Å². The smallest absolute Gasteiger partial charge is 0.266 e. The molecule has 0 saturated heterocycles. The van der Waals surface area contributed by atoms with Crippen molar-refractivity contribution < 1.29 is 0 Å². The van der Waals surface area contributed by atoms with Crippen molar-refractivity contribution in [1.29, 1.82) is 0 Å². The van der Waals surface area contributed by atoms with Crippen molar-refractivity contribution in [2.45, 2.75) is 6.92 Å². The van der Waals surface area contributed by atoms with Crippen molar-refractivity contribution >= 4 is 28.4 Å². The quantitative estimate of drug-likeness (QED) is 0.702. The van der Waals surface area contributed by atoms with Gasteiger partial charge in [0.1, 0.15) is 9.39 Å². The van der Waals surface area contributed by atoms with Crippen LogP contribution in [0.15, 0.2) is 11.1 Å². The van der Waals surface area contributed by atoms with Crippen LogP contribution < -0.4 is 16.6 Å². The molecule has 0 saturated carbocycles. The van der Waals surface area contributed by atoms with Gasteiger partial charge in [-0.05, 0) is 35.1 Å². The SMILES string of the molecule is CC(CN)CNc1nc[nH]c(=O)c1I. The summed E-state index contributed by atoms with van der Waals surface area (Å²) in [6.07, 6.45) is 1.39. The number of nitrogens with two attached hydrogens (primary N) is 1. The van der Waals surface area contributed by atoms with E-state index in [0.717, 1.165) is 6.54 Å². The van der Waals surface area contributed by atoms with Gasteiger partial charge >= 0.3 is 0 Å². The minimum absolute atomic E-state index is 0.122. The third-order valence-corrected chi connectivity index (χ3v) is 2.82. The number of nitrogens with one attached hydrogen (secondary N) is 2. The average Bonchev–Trinajstić information content (AvgIpc) is 2.20. The van der Waals surface area contributed by atoms with Crippen LogP contribution in [-0.4, -0.2) is 23.1 Å². The maximum Gasteiger partial charge on any atom is 0.266 e. The van der Waals surface area contributed by atoms with Crippen LogP contribution in [0.4, 0.5) is 5.82 Å². The van der Waals surface area contributed by atoms with Crippen LogP contribution in [-0.2, 0) is 0 Å². The summed E-state index contributed by atoms with van der Waals surface area (Å²) >= 11 is 1.96. The summed E-state index contributed by atoms with van der Waals surface area (Å²) < 4.78 is 0.578. The van der Waals surface area contributed by atoms with Gasteiger partial charge in [0, 0.05) is 6.54 Å². The molecule has 1 aromatic rings. The summed E-state index contributed by atoms with van der Waals surface area (Å²) in [7, 11) is 0. The number of hydrogen-bond acceptors (Lipinski definition) is 4. The van der Waals surface area contributed by atoms with Gasteiger partial charge in [-0.3, -0.25) is 4.79 Å². The molecule has 0 spiro atoms. The molecule has 1 aromatic heterocycles. The first-order valence-electron chi connectivity index (χ1n) is 4.32. The predicted octanol–water partition coefficient (Wildman–Crippen LogP) is 0.381. The Hall–Kier alpha value is -0.630. The van der Waals surface area contributed by atoms with E-state index in [1.165, 1.54) is 6.33 Å². The first kappa shape index (κ1) is 11.4. The van der Waals surface area contributed by atoms with Crippen molar-refractivity contribution in [1.82, 2.24) is 9.97 Å². The fraction of sp³-hybridized carbons (Fsp3) is 0.500. The van der Waals surface area contributed by atoms with Gasteiger partial charge in [-0.15, -0.1) is 0 Å². The summed E-state index contributed by atoms with van der Waals surface area (Å²) in [5, 5.41) is 3.09. The predicted molar refractivity (Wildman–Crippen MR) is 64.3 cm³/mol. The molecule has 78 valence electrons. The zero-order chi connectivity index (χ0) is 10.6. The molecule has 1 heterocycles. The Morgan fingerprint density at radius 3 is 3.14 bits per heavy atom. The molecule has 1 atom stereocenters. The molecule has 0 aliphatic rings. The van der Waals surface area contributed by atoms with Gasteiger partial charge in [-0.2, -0.15) is 0 Å². The van der Waals surface area contributed by atoms with E-state index in [9.17, 15) is 4.79 Å². The third-order valence-electron chi connectivity index (χ3n) is 1.82. The van der Waals surface area contributed by atoms with E-state index in [4.69, 9.17) is 5.73 Å². The number of halogens is 1. The molecule has 5 nitrogen and oxygen atoms in total. The second-order valence-corrected chi connectivity index (χ2v) is 4.19. The Morgan fingerprint density at radius 2 is 2.50 bits per heavy atom. The van der Waals surface area contributed by atoms with Gasteiger partial charge in [0.25, 0.3) is 5.56 Å². The number of nitrogens with zero attached hydrogens (tertiary/aromatic N) is 1.